The topological polar surface area (TPSA) is 190 Å². The van der Waals surface area contributed by atoms with Gasteiger partial charge in [0.2, 0.25) is 27.7 Å². The molecule has 2 aromatic carbocycles. The maximum Gasteiger partial charge on any atom is 0.408 e. The van der Waals surface area contributed by atoms with Gasteiger partial charge in [-0.15, -0.1) is 0 Å². The number of allylic oxidation sites excluding steroid dienone is 1. The molecule has 2 aliphatic heterocycles. The van der Waals surface area contributed by atoms with E-state index in [-0.39, 0.29) is 25.5 Å². The highest BCUT2D eigenvalue weighted by Crippen LogP contribution is 2.46. The first kappa shape index (κ1) is 39.9. The second kappa shape index (κ2) is 16.2. The highest BCUT2D eigenvalue weighted by molar-refractivity contribution is 7.91. The molecule has 60 heavy (non-hydrogen) atoms. The number of alkyl carbamates (subject to hydrolysis) is 1. The Hall–Kier alpha value is -5.51. The van der Waals surface area contributed by atoms with Gasteiger partial charge in [0, 0.05) is 29.4 Å². The lowest BCUT2D eigenvalue weighted by Crippen LogP contribution is -2.58. The number of sulfonamides is 1. The van der Waals surface area contributed by atoms with Gasteiger partial charge in [0.15, 0.2) is 5.65 Å². The lowest BCUT2D eigenvalue weighted by atomic mass is 10.0. The molecule has 3 saturated carbocycles. The molecule has 5 aliphatic rings. The van der Waals surface area contributed by atoms with Gasteiger partial charge < -0.3 is 25.0 Å². The van der Waals surface area contributed by atoms with Crippen molar-refractivity contribution >= 4 is 50.4 Å². The van der Waals surface area contributed by atoms with E-state index in [0.717, 1.165) is 55.0 Å². The molecule has 5 atom stereocenters. The largest absolute Gasteiger partial charge is 0.472 e. The summed E-state index contributed by atoms with van der Waals surface area (Å²) in [4.78, 5) is 63.0. The van der Waals surface area contributed by atoms with Gasteiger partial charge in [0.05, 0.1) is 23.0 Å². The van der Waals surface area contributed by atoms with E-state index in [1.54, 1.807) is 10.6 Å². The van der Waals surface area contributed by atoms with Gasteiger partial charge in [-0.05, 0) is 89.3 Å². The number of aromatic nitrogens is 3. The van der Waals surface area contributed by atoms with Crippen molar-refractivity contribution in [1.29, 1.82) is 0 Å². The highest BCUT2D eigenvalue weighted by atomic mass is 32.2. The van der Waals surface area contributed by atoms with E-state index in [1.807, 2.05) is 67.6 Å². The Morgan fingerprint density at radius 1 is 0.933 bits per heavy atom. The van der Waals surface area contributed by atoms with Crippen LogP contribution in [0.5, 0.6) is 5.88 Å². The molecule has 0 spiro atoms. The molecular weight excluding hydrogens is 787 g/mol. The van der Waals surface area contributed by atoms with Crippen molar-refractivity contribution in [3.8, 4) is 17.1 Å². The molecule has 4 heterocycles. The predicted molar refractivity (Wildman–Crippen MR) is 222 cm³/mol. The summed E-state index contributed by atoms with van der Waals surface area (Å²) < 4.78 is 42.3. The summed E-state index contributed by atoms with van der Waals surface area (Å²) in [7, 11) is -3.91. The lowest BCUT2D eigenvalue weighted by Gasteiger charge is -2.30. The third-order valence-corrected chi connectivity index (χ3v) is 14.4. The first-order valence-corrected chi connectivity index (χ1v) is 22.9. The summed E-state index contributed by atoms with van der Waals surface area (Å²) in [6.07, 6.45) is 10.1. The van der Waals surface area contributed by atoms with Crippen LogP contribution in [0.25, 0.3) is 27.8 Å². The minimum absolute atomic E-state index is 0.0181. The lowest BCUT2D eigenvalue weighted by molar-refractivity contribution is -0.141. The van der Waals surface area contributed by atoms with Crippen molar-refractivity contribution in [2.75, 3.05) is 6.54 Å². The summed E-state index contributed by atoms with van der Waals surface area (Å²) in [5, 5.41) is 10.8. The molecule has 4 aromatic rings. The molecule has 0 unspecified atom stereocenters. The Morgan fingerprint density at radius 3 is 2.53 bits per heavy atom. The quantitative estimate of drug-likeness (QED) is 0.198. The van der Waals surface area contributed by atoms with Crippen molar-refractivity contribution in [3.63, 3.8) is 0 Å². The van der Waals surface area contributed by atoms with E-state index in [1.165, 1.54) is 4.90 Å². The molecule has 3 N–H and O–H groups in total. The number of nitrogens with one attached hydrogen (secondary N) is 3. The number of fused-ring (bicyclic) bond motifs is 5. The molecule has 9 rings (SSSR count). The number of hydrogen-bond acceptors (Lipinski definition) is 10. The SMILES string of the molecule is Cc1cccc(-c2cc(O[C@@H]3C[C@H]4C(=O)N[C@]5(C(=O)NS(=O)(=O)C6CC6)C[C@@H]5/C=C\CCCCC[C@H](NC(=O)OC5CCCC5)C(=O)N4C3)n3nc4ccccc4c3n2)c1. The van der Waals surface area contributed by atoms with Gasteiger partial charge in [-0.1, -0.05) is 60.9 Å². The van der Waals surface area contributed by atoms with Gasteiger partial charge in [-0.3, -0.25) is 19.1 Å². The second-order valence-corrected chi connectivity index (χ2v) is 19.1. The van der Waals surface area contributed by atoms with Crippen LogP contribution < -0.4 is 20.1 Å². The summed E-state index contributed by atoms with van der Waals surface area (Å²) in [5.41, 5.74) is 2.36. The normalized spacial score (nSPS) is 27.0. The molecule has 1 saturated heterocycles. The van der Waals surface area contributed by atoms with E-state index in [2.05, 4.69) is 15.4 Å². The van der Waals surface area contributed by atoms with Gasteiger partial charge in [-0.25, -0.2) is 18.2 Å². The van der Waals surface area contributed by atoms with E-state index in [0.29, 0.717) is 54.8 Å². The zero-order valence-electron chi connectivity index (χ0n) is 33.7. The van der Waals surface area contributed by atoms with Crippen LogP contribution in [0.15, 0.2) is 66.7 Å². The molecule has 0 radical (unpaired) electrons. The van der Waals surface area contributed by atoms with Gasteiger partial charge in [-0.2, -0.15) is 9.61 Å². The average Bonchev–Trinajstić information content (AvgIpc) is 4.04. The van der Waals surface area contributed by atoms with Crippen molar-refractivity contribution in [2.24, 2.45) is 5.92 Å². The summed E-state index contributed by atoms with van der Waals surface area (Å²) >= 11 is 0. The Morgan fingerprint density at radius 2 is 1.73 bits per heavy atom. The van der Waals surface area contributed by atoms with Crippen LogP contribution in [0.1, 0.15) is 89.0 Å². The number of aryl methyl sites for hydroxylation is 1. The Balaban J connectivity index is 1.05. The van der Waals surface area contributed by atoms with Crippen molar-refractivity contribution in [1.82, 2.24) is 34.9 Å². The second-order valence-electron chi connectivity index (χ2n) is 17.1. The molecule has 15 nitrogen and oxygen atoms in total. The molecule has 4 amide bonds. The number of rotatable bonds is 8. The maximum absolute atomic E-state index is 14.8. The minimum atomic E-state index is -3.91. The minimum Gasteiger partial charge on any atom is -0.472 e. The average molecular weight is 838 g/mol. The molecule has 16 heteroatoms. The number of hydrogen-bond donors (Lipinski definition) is 3. The van der Waals surface area contributed by atoms with E-state index in [4.69, 9.17) is 19.6 Å². The zero-order valence-corrected chi connectivity index (χ0v) is 34.5. The molecule has 316 valence electrons. The fraction of sp³-hybridized carbons (Fsp3) is 0.500. The fourth-order valence-electron chi connectivity index (χ4n) is 8.99. The van der Waals surface area contributed by atoms with Crippen LogP contribution in [-0.4, -0.2) is 93.4 Å². The Bertz CT molecular complexity index is 2480. The fourth-order valence-corrected chi connectivity index (χ4v) is 10.4. The number of carbonyl (C=O) groups is 4. The maximum atomic E-state index is 14.8. The van der Waals surface area contributed by atoms with Crippen LogP contribution >= 0.6 is 0 Å². The van der Waals surface area contributed by atoms with Crippen molar-refractivity contribution < 1.29 is 37.1 Å². The van der Waals surface area contributed by atoms with E-state index >= 15 is 0 Å². The summed E-state index contributed by atoms with van der Waals surface area (Å²) in [6.45, 7) is 1.99. The zero-order chi connectivity index (χ0) is 41.6. The van der Waals surface area contributed by atoms with E-state index in [9.17, 15) is 27.6 Å². The first-order chi connectivity index (χ1) is 29.0. The van der Waals surface area contributed by atoms with Gasteiger partial charge in [0.1, 0.15) is 29.8 Å². The summed E-state index contributed by atoms with van der Waals surface area (Å²) in [6, 6.07) is 15.3. The highest BCUT2D eigenvalue weighted by Gasteiger charge is 2.62. The molecule has 2 aromatic heterocycles. The van der Waals surface area contributed by atoms with Gasteiger partial charge in [0.25, 0.3) is 5.91 Å². The standard InChI is InChI=1S/C44H51N7O8S/c1-27-12-11-13-28(22-27)36-24-38(51-39(45-36)33-17-9-10-18-34(33)48-51)58-31-23-37-40(52)47-44(42(54)49-60(56,57)32-20-21-32)25-29(44)14-5-3-2-4-6-19-35(41(53)50(37)26-31)46-43(55)59-30-15-7-8-16-30/h5,9-14,17-18,22,24,29-32,35,37H,2-4,6-8,15-16,19-21,23,25-26H2,1H3,(H,46,55)(H,47,52)(H,49,54)/b14-5-/t29-,31+,35-,37-,44+/m0/s1. The number of nitrogens with zero attached hydrogens (tertiary/aromatic N) is 4. The Labute approximate surface area is 348 Å². The predicted octanol–water partition coefficient (Wildman–Crippen LogP) is 5.25. The Kier molecular flexibility index (Phi) is 10.8. The smallest absolute Gasteiger partial charge is 0.408 e. The van der Waals surface area contributed by atoms with Crippen LogP contribution in [0.2, 0.25) is 0 Å². The number of amides is 4. The third kappa shape index (κ3) is 8.17. The number of benzene rings is 2. The number of ether oxygens (including phenoxy) is 2. The molecule has 3 aliphatic carbocycles. The van der Waals surface area contributed by atoms with Crippen molar-refractivity contribution in [2.45, 2.75) is 125 Å². The van der Waals surface area contributed by atoms with Gasteiger partial charge >= 0.3 is 6.09 Å². The van der Waals surface area contributed by atoms with Crippen LogP contribution in [0.4, 0.5) is 4.79 Å². The van der Waals surface area contributed by atoms with Crippen molar-refractivity contribution in [3.05, 3.63) is 72.3 Å². The van der Waals surface area contributed by atoms with Crippen LogP contribution in [0, 0.1) is 12.8 Å². The van der Waals surface area contributed by atoms with E-state index < -0.39 is 68.7 Å². The first-order valence-electron chi connectivity index (χ1n) is 21.3. The number of carbonyl (C=O) groups excluding carboxylic acids is 4. The summed E-state index contributed by atoms with van der Waals surface area (Å²) in [5.74, 6) is -1.94. The molecular formula is C44H51N7O8S. The molecule has 4 fully saturated rings. The monoisotopic (exact) mass is 837 g/mol. The van der Waals surface area contributed by atoms with Crippen LogP contribution in [0.3, 0.4) is 0 Å². The van der Waals surface area contributed by atoms with Crippen LogP contribution in [-0.2, 0) is 29.1 Å². The third-order valence-electron chi connectivity index (χ3n) is 12.6. The molecule has 0 bridgehead atoms.